The summed E-state index contributed by atoms with van der Waals surface area (Å²) >= 11 is 0. The van der Waals surface area contributed by atoms with Gasteiger partial charge in [0.25, 0.3) is 17.4 Å². The third kappa shape index (κ3) is 6.46. The van der Waals surface area contributed by atoms with Gasteiger partial charge in [-0.15, -0.1) is 0 Å². The van der Waals surface area contributed by atoms with Gasteiger partial charge in [-0.05, 0) is 86.1 Å². The number of carbonyl (C=O) groups is 2. The van der Waals surface area contributed by atoms with Gasteiger partial charge >= 0.3 is 6.18 Å². The number of hydrogen-bond donors (Lipinski definition) is 1. The lowest BCUT2D eigenvalue weighted by molar-refractivity contribution is -0.262. The van der Waals surface area contributed by atoms with Gasteiger partial charge in [-0.25, -0.2) is 0 Å². The number of alkyl halides is 3. The maximum atomic E-state index is 14.2. The van der Waals surface area contributed by atoms with Crippen LogP contribution in [-0.4, -0.2) is 73.2 Å². The van der Waals surface area contributed by atoms with E-state index >= 15 is 0 Å². The van der Waals surface area contributed by atoms with Crippen molar-refractivity contribution in [3.8, 4) is 0 Å². The Hall–Kier alpha value is -3.07. The first-order chi connectivity index (χ1) is 19.7. The van der Waals surface area contributed by atoms with Crippen LogP contribution in [0.15, 0.2) is 42.5 Å². The van der Waals surface area contributed by atoms with Crippen LogP contribution in [0.4, 0.5) is 18.9 Å². The molecule has 2 aliphatic rings. The monoisotopic (exact) mass is 587 g/mol. The van der Waals surface area contributed by atoms with Crippen LogP contribution in [0.2, 0.25) is 0 Å². The molecule has 9 heteroatoms. The molecular formula is C33H44F3N3O3. The highest BCUT2D eigenvalue weighted by Gasteiger charge is 2.62. The number of rotatable bonds is 7. The van der Waals surface area contributed by atoms with Gasteiger partial charge in [0, 0.05) is 57.1 Å². The molecule has 1 N–H and O–H groups in total. The number of anilines is 1. The highest BCUT2D eigenvalue weighted by molar-refractivity contribution is 5.95. The lowest BCUT2D eigenvalue weighted by Gasteiger charge is -2.45. The van der Waals surface area contributed by atoms with Crippen molar-refractivity contribution in [3.63, 3.8) is 0 Å². The zero-order valence-electron chi connectivity index (χ0n) is 25.4. The lowest BCUT2D eigenvalue weighted by atomic mass is 9.71. The zero-order valence-corrected chi connectivity index (χ0v) is 25.4. The van der Waals surface area contributed by atoms with Crippen molar-refractivity contribution in [1.82, 2.24) is 9.80 Å². The van der Waals surface area contributed by atoms with E-state index in [-0.39, 0.29) is 24.4 Å². The number of aryl methyl sites for hydroxylation is 2. The van der Waals surface area contributed by atoms with Crippen LogP contribution in [0, 0.1) is 18.3 Å². The minimum Gasteiger partial charge on any atom is -0.372 e. The van der Waals surface area contributed by atoms with Gasteiger partial charge in [0.1, 0.15) is 0 Å². The Balaban J connectivity index is 1.35. The fraction of sp³-hybridized carbons (Fsp3) is 0.576. The summed E-state index contributed by atoms with van der Waals surface area (Å²) < 4.78 is 42.7. The predicted molar refractivity (Wildman–Crippen MR) is 158 cm³/mol. The van der Waals surface area contributed by atoms with E-state index in [0.717, 1.165) is 43.6 Å². The van der Waals surface area contributed by atoms with Crippen LogP contribution in [0.25, 0.3) is 0 Å². The van der Waals surface area contributed by atoms with E-state index in [4.69, 9.17) is 0 Å². The van der Waals surface area contributed by atoms with Crippen molar-refractivity contribution >= 4 is 17.5 Å². The molecule has 2 aromatic rings. The second-order valence-electron chi connectivity index (χ2n) is 12.7. The summed E-state index contributed by atoms with van der Waals surface area (Å²) in [6, 6.07) is 11.6. The Labute approximate surface area is 247 Å². The third-order valence-electron chi connectivity index (χ3n) is 9.34. The van der Waals surface area contributed by atoms with Crippen LogP contribution in [-0.2, 0) is 16.8 Å². The van der Waals surface area contributed by atoms with Crippen LogP contribution in [0.3, 0.4) is 0 Å². The number of halogens is 3. The lowest BCUT2D eigenvalue weighted by Crippen LogP contribution is -2.57. The Bertz CT molecular complexity index is 1280. The molecule has 2 aromatic carbocycles. The van der Waals surface area contributed by atoms with Gasteiger partial charge in [-0.3, -0.25) is 9.59 Å². The number of benzene rings is 2. The van der Waals surface area contributed by atoms with Crippen molar-refractivity contribution in [2.75, 3.05) is 45.2 Å². The van der Waals surface area contributed by atoms with Crippen LogP contribution < -0.4 is 4.90 Å². The molecule has 0 unspecified atom stereocenters. The molecule has 0 radical (unpaired) electrons. The molecular weight excluding hydrogens is 543 g/mol. The summed E-state index contributed by atoms with van der Waals surface area (Å²) in [5.74, 6) is -0.798. The van der Waals surface area contributed by atoms with E-state index in [1.54, 1.807) is 25.1 Å². The van der Waals surface area contributed by atoms with Gasteiger partial charge in [0.15, 0.2) is 0 Å². The fourth-order valence-corrected chi connectivity index (χ4v) is 6.52. The van der Waals surface area contributed by atoms with Crippen molar-refractivity contribution in [2.24, 2.45) is 11.3 Å². The average Bonchev–Trinajstić information content (AvgIpc) is 2.96. The number of piperidine rings is 2. The SMILES string of the molecule is CCc1cccc([C@](O)(C(=O)N2CCC(C)(CC3CCN(c4ccc(C(=O)N(C)C)c(C)c4)CC3)CC2)C(F)(F)F)c1. The molecule has 0 aliphatic carbocycles. The van der Waals surface area contributed by atoms with Gasteiger partial charge < -0.3 is 19.8 Å². The smallest absolute Gasteiger partial charge is 0.372 e. The Kier molecular flexibility index (Phi) is 9.31. The first kappa shape index (κ1) is 31.9. The number of hydrogen-bond acceptors (Lipinski definition) is 4. The van der Waals surface area contributed by atoms with Crippen molar-refractivity contribution < 1.29 is 27.9 Å². The second kappa shape index (κ2) is 12.3. The number of likely N-dealkylation sites (tertiary alicyclic amines) is 1. The summed E-state index contributed by atoms with van der Waals surface area (Å²) in [5.41, 5.74) is -0.652. The second-order valence-corrected chi connectivity index (χ2v) is 12.7. The fourth-order valence-electron chi connectivity index (χ4n) is 6.52. The first-order valence-electron chi connectivity index (χ1n) is 14.9. The highest BCUT2D eigenvalue weighted by Crippen LogP contribution is 2.44. The van der Waals surface area contributed by atoms with Gasteiger partial charge in [-0.2, -0.15) is 13.2 Å². The number of aliphatic hydroxyl groups is 1. The molecule has 0 bridgehead atoms. The third-order valence-corrected chi connectivity index (χ3v) is 9.34. The standard InChI is InChI=1S/C33H44F3N3O3/c1-6-24-8-7-9-26(21-24)32(42,33(34,35)36)30(41)39-18-14-31(3,15-19-39)22-25-12-16-38(17-13-25)27-10-11-28(23(2)20-27)29(40)37(4)5/h7-11,20-21,25,42H,6,12-19,22H2,1-5H3/t32-/m0/s1. The van der Waals surface area contributed by atoms with Gasteiger partial charge in [-0.1, -0.05) is 38.1 Å². The Morgan fingerprint density at radius 1 is 1.02 bits per heavy atom. The summed E-state index contributed by atoms with van der Waals surface area (Å²) in [5, 5.41) is 10.9. The molecule has 4 rings (SSSR count). The van der Waals surface area contributed by atoms with Crippen molar-refractivity contribution in [1.29, 1.82) is 0 Å². The maximum absolute atomic E-state index is 14.2. The molecule has 230 valence electrons. The quantitative estimate of drug-likeness (QED) is 0.435. The Morgan fingerprint density at radius 3 is 2.21 bits per heavy atom. The van der Waals surface area contributed by atoms with E-state index in [0.29, 0.717) is 36.3 Å². The topological polar surface area (TPSA) is 64.1 Å². The average molecular weight is 588 g/mol. The summed E-state index contributed by atoms with van der Waals surface area (Å²) in [6.07, 6.45) is -0.452. The minimum atomic E-state index is -5.13. The molecule has 1 atom stereocenters. The normalized spacial score (nSPS) is 19.4. The summed E-state index contributed by atoms with van der Waals surface area (Å²) in [4.78, 5) is 30.8. The molecule has 2 saturated heterocycles. The van der Waals surface area contributed by atoms with E-state index in [2.05, 4.69) is 17.9 Å². The molecule has 0 saturated carbocycles. The number of nitrogens with zero attached hydrogens (tertiary/aromatic N) is 3. The van der Waals surface area contributed by atoms with E-state index in [9.17, 15) is 27.9 Å². The molecule has 42 heavy (non-hydrogen) atoms. The van der Waals surface area contributed by atoms with Crippen LogP contribution >= 0.6 is 0 Å². The number of carbonyl (C=O) groups excluding carboxylic acids is 2. The van der Waals surface area contributed by atoms with E-state index in [1.807, 2.05) is 26.0 Å². The molecule has 2 heterocycles. The Morgan fingerprint density at radius 2 is 1.67 bits per heavy atom. The highest BCUT2D eigenvalue weighted by atomic mass is 19.4. The molecule has 0 aromatic heterocycles. The zero-order chi connectivity index (χ0) is 30.9. The van der Waals surface area contributed by atoms with Crippen LogP contribution in [0.5, 0.6) is 0 Å². The minimum absolute atomic E-state index is 0.00692. The molecule has 2 aliphatic heterocycles. The molecule has 6 nitrogen and oxygen atoms in total. The van der Waals surface area contributed by atoms with Crippen LogP contribution in [0.1, 0.15) is 73.0 Å². The molecule has 0 spiro atoms. The van der Waals surface area contributed by atoms with E-state index < -0.39 is 23.2 Å². The summed E-state index contributed by atoms with van der Waals surface area (Å²) in [6.45, 7) is 8.14. The van der Waals surface area contributed by atoms with Gasteiger partial charge in [0.2, 0.25) is 0 Å². The van der Waals surface area contributed by atoms with Crippen molar-refractivity contribution in [2.45, 2.75) is 71.1 Å². The maximum Gasteiger partial charge on any atom is 0.430 e. The molecule has 2 fully saturated rings. The number of amides is 2. The predicted octanol–water partition coefficient (Wildman–Crippen LogP) is 5.94. The molecule has 2 amide bonds. The van der Waals surface area contributed by atoms with Crippen molar-refractivity contribution in [3.05, 3.63) is 64.7 Å². The summed E-state index contributed by atoms with van der Waals surface area (Å²) in [7, 11) is 3.50. The first-order valence-corrected chi connectivity index (χ1v) is 14.9. The van der Waals surface area contributed by atoms with E-state index in [1.165, 1.54) is 23.1 Å². The van der Waals surface area contributed by atoms with Gasteiger partial charge in [0.05, 0.1) is 0 Å². The largest absolute Gasteiger partial charge is 0.430 e.